The Morgan fingerprint density at radius 3 is 2.88 bits per heavy atom. The van der Waals surface area contributed by atoms with Crippen molar-refractivity contribution < 1.29 is 0 Å². The summed E-state index contributed by atoms with van der Waals surface area (Å²) in [6, 6.07) is 1.98. The van der Waals surface area contributed by atoms with Gasteiger partial charge in [-0.1, -0.05) is 26.2 Å². The predicted octanol–water partition coefficient (Wildman–Crippen LogP) is 2.54. The molecule has 1 saturated carbocycles. The molecule has 0 amide bonds. The van der Waals surface area contributed by atoms with Crippen LogP contribution in [0.3, 0.4) is 0 Å². The molecule has 4 nitrogen and oxygen atoms in total. The lowest BCUT2D eigenvalue weighted by atomic mass is 9.83. The molecular weight excluding hydrogens is 214 g/mol. The highest BCUT2D eigenvalue weighted by atomic mass is 16.1. The van der Waals surface area contributed by atoms with Crippen molar-refractivity contribution in [3.63, 3.8) is 0 Å². The second-order valence-electron chi connectivity index (χ2n) is 4.85. The summed E-state index contributed by atoms with van der Waals surface area (Å²) in [6.45, 7) is 2.19. The van der Waals surface area contributed by atoms with Gasteiger partial charge in [-0.05, 0) is 25.2 Å². The van der Waals surface area contributed by atoms with Gasteiger partial charge in [0.05, 0.1) is 6.33 Å². The van der Waals surface area contributed by atoms with Gasteiger partial charge >= 0.3 is 0 Å². The van der Waals surface area contributed by atoms with E-state index in [0.29, 0.717) is 11.9 Å². The Labute approximate surface area is 102 Å². The van der Waals surface area contributed by atoms with Crippen LogP contribution in [0.5, 0.6) is 0 Å². The molecule has 0 spiro atoms. The fourth-order valence-electron chi connectivity index (χ4n) is 2.73. The molecular formula is C13H21N3O. The van der Waals surface area contributed by atoms with Crippen LogP contribution in [0.1, 0.15) is 45.4 Å². The largest absolute Gasteiger partial charge is 0.367 e. The molecule has 1 aliphatic carbocycles. The van der Waals surface area contributed by atoms with Crippen molar-refractivity contribution in [3.8, 4) is 0 Å². The average Bonchev–Trinajstić information content (AvgIpc) is 2.37. The Bertz CT molecular complexity index is 396. The summed E-state index contributed by atoms with van der Waals surface area (Å²) < 4.78 is 0. The Kier molecular flexibility index (Phi) is 4.18. The zero-order valence-electron chi connectivity index (χ0n) is 10.4. The molecule has 1 heterocycles. The van der Waals surface area contributed by atoms with E-state index < -0.39 is 0 Å². The van der Waals surface area contributed by atoms with E-state index in [4.69, 9.17) is 0 Å². The van der Waals surface area contributed by atoms with E-state index in [1.165, 1.54) is 44.5 Å². The van der Waals surface area contributed by atoms with E-state index in [1.807, 2.05) is 0 Å². The summed E-state index contributed by atoms with van der Waals surface area (Å²) >= 11 is 0. The summed E-state index contributed by atoms with van der Waals surface area (Å²) in [5, 5.41) is 3.41. The highest BCUT2D eigenvalue weighted by Gasteiger charge is 2.22. The zero-order valence-corrected chi connectivity index (χ0v) is 10.4. The first-order valence-electron chi connectivity index (χ1n) is 6.61. The van der Waals surface area contributed by atoms with E-state index in [9.17, 15) is 4.79 Å². The van der Waals surface area contributed by atoms with Crippen molar-refractivity contribution in [2.24, 2.45) is 5.92 Å². The second-order valence-corrected chi connectivity index (χ2v) is 4.85. The fourth-order valence-corrected chi connectivity index (χ4v) is 2.73. The van der Waals surface area contributed by atoms with E-state index in [-0.39, 0.29) is 5.56 Å². The summed E-state index contributed by atoms with van der Waals surface area (Å²) in [6.07, 6.45) is 9.19. The third-order valence-electron chi connectivity index (χ3n) is 3.67. The van der Waals surface area contributed by atoms with Crippen LogP contribution in [-0.4, -0.2) is 16.0 Å². The van der Waals surface area contributed by atoms with Gasteiger partial charge in [-0.15, -0.1) is 0 Å². The molecule has 0 saturated heterocycles. The monoisotopic (exact) mass is 235 g/mol. The highest BCUT2D eigenvalue weighted by molar-refractivity contribution is 5.33. The predicted molar refractivity (Wildman–Crippen MR) is 69.1 cm³/mol. The topological polar surface area (TPSA) is 57.8 Å². The van der Waals surface area contributed by atoms with Crippen LogP contribution in [0, 0.1) is 5.92 Å². The van der Waals surface area contributed by atoms with Crippen LogP contribution in [0.25, 0.3) is 0 Å². The van der Waals surface area contributed by atoms with Gasteiger partial charge in [0, 0.05) is 12.1 Å². The fraction of sp³-hybridized carbons (Fsp3) is 0.692. The van der Waals surface area contributed by atoms with Gasteiger partial charge < -0.3 is 10.3 Å². The van der Waals surface area contributed by atoms with Crippen molar-refractivity contribution in [1.82, 2.24) is 9.97 Å². The van der Waals surface area contributed by atoms with Crippen LogP contribution in [0.4, 0.5) is 5.82 Å². The van der Waals surface area contributed by atoms with Gasteiger partial charge in [-0.25, -0.2) is 4.98 Å². The number of H-pyrrole nitrogens is 1. The Morgan fingerprint density at radius 2 is 2.24 bits per heavy atom. The third-order valence-corrected chi connectivity index (χ3v) is 3.67. The number of aromatic nitrogens is 2. The van der Waals surface area contributed by atoms with E-state index in [0.717, 1.165) is 12.3 Å². The number of nitrogens with zero attached hydrogens (tertiary/aromatic N) is 1. The Balaban J connectivity index is 2.01. The van der Waals surface area contributed by atoms with Crippen LogP contribution >= 0.6 is 0 Å². The van der Waals surface area contributed by atoms with Crippen LogP contribution in [0.2, 0.25) is 0 Å². The minimum absolute atomic E-state index is 0.0963. The molecule has 4 heteroatoms. The molecule has 0 aromatic carbocycles. The van der Waals surface area contributed by atoms with Crippen LogP contribution in [0.15, 0.2) is 17.2 Å². The lowest BCUT2D eigenvalue weighted by Crippen LogP contribution is -2.30. The smallest absolute Gasteiger partial charge is 0.252 e. The molecule has 1 aromatic rings. The molecule has 2 N–H and O–H groups in total. The van der Waals surface area contributed by atoms with Crippen molar-refractivity contribution >= 4 is 5.82 Å². The van der Waals surface area contributed by atoms with Crippen LogP contribution in [-0.2, 0) is 0 Å². The maximum absolute atomic E-state index is 11.2. The molecule has 0 radical (unpaired) electrons. The minimum Gasteiger partial charge on any atom is -0.367 e. The maximum atomic E-state index is 11.2. The summed E-state index contributed by atoms with van der Waals surface area (Å²) in [5.74, 6) is 1.43. The number of rotatable bonds is 4. The van der Waals surface area contributed by atoms with Gasteiger partial charge in [0.2, 0.25) is 0 Å². The Hall–Kier alpha value is -1.32. The Morgan fingerprint density at radius 1 is 1.47 bits per heavy atom. The lowest BCUT2D eigenvalue weighted by molar-refractivity contribution is 0.312. The first kappa shape index (κ1) is 12.1. The van der Waals surface area contributed by atoms with Gasteiger partial charge in [0.15, 0.2) is 0 Å². The van der Waals surface area contributed by atoms with Gasteiger partial charge in [-0.3, -0.25) is 4.79 Å². The molecule has 0 aliphatic heterocycles. The molecule has 1 atom stereocenters. The average molecular weight is 235 g/mol. The third kappa shape index (κ3) is 3.32. The first-order chi connectivity index (χ1) is 8.29. The highest BCUT2D eigenvalue weighted by Crippen LogP contribution is 2.28. The van der Waals surface area contributed by atoms with E-state index in [1.54, 1.807) is 0 Å². The minimum atomic E-state index is -0.0963. The first-order valence-corrected chi connectivity index (χ1v) is 6.61. The lowest BCUT2D eigenvalue weighted by Gasteiger charge is -2.30. The summed E-state index contributed by atoms with van der Waals surface area (Å²) in [5.41, 5.74) is -0.0963. The standard InChI is InChI=1S/C13H21N3O/c1-2-11(10-6-4-3-5-7-10)16-12-8-13(17)15-9-14-12/h8-11H,2-7H2,1H3,(H2,14,15,16,17). The van der Waals surface area contributed by atoms with Crippen molar-refractivity contribution in [1.29, 1.82) is 0 Å². The van der Waals surface area contributed by atoms with E-state index >= 15 is 0 Å². The molecule has 1 fully saturated rings. The molecule has 1 unspecified atom stereocenters. The summed E-state index contributed by atoms with van der Waals surface area (Å²) in [4.78, 5) is 17.9. The van der Waals surface area contributed by atoms with Crippen molar-refractivity contribution in [2.45, 2.75) is 51.5 Å². The SMILES string of the molecule is CCC(Nc1cc(=O)[nH]cn1)C1CCCCC1. The molecule has 94 valence electrons. The second kappa shape index (κ2) is 5.84. The number of nitrogens with one attached hydrogen (secondary N) is 2. The number of aromatic amines is 1. The van der Waals surface area contributed by atoms with Gasteiger partial charge in [0.1, 0.15) is 5.82 Å². The molecule has 1 aliphatic rings. The van der Waals surface area contributed by atoms with E-state index in [2.05, 4.69) is 22.2 Å². The quantitative estimate of drug-likeness (QED) is 0.843. The van der Waals surface area contributed by atoms with Crippen LogP contribution < -0.4 is 10.9 Å². The molecule has 2 rings (SSSR count). The molecule has 0 bridgehead atoms. The van der Waals surface area contributed by atoms with Crippen molar-refractivity contribution in [2.75, 3.05) is 5.32 Å². The number of hydrogen-bond acceptors (Lipinski definition) is 3. The van der Waals surface area contributed by atoms with Gasteiger partial charge in [-0.2, -0.15) is 0 Å². The number of anilines is 1. The maximum Gasteiger partial charge on any atom is 0.252 e. The normalized spacial score (nSPS) is 18.9. The van der Waals surface area contributed by atoms with Crippen molar-refractivity contribution in [3.05, 3.63) is 22.7 Å². The molecule has 17 heavy (non-hydrogen) atoms. The molecule has 1 aromatic heterocycles. The zero-order chi connectivity index (χ0) is 12.1. The summed E-state index contributed by atoms with van der Waals surface area (Å²) in [7, 11) is 0. The van der Waals surface area contributed by atoms with Gasteiger partial charge in [0.25, 0.3) is 5.56 Å². The number of hydrogen-bond donors (Lipinski definition) is 2.